The first kappa shape index (κ1) is 14.9. The van der Waals surface area contributed by atoms with Crippen LogP contribution in [0.15, 0.2) is 0 Å². The van der Waals surface area contributed by atoms with E-state index in [1.807, 2.05) is 11.8 Å². The van der Waals surface area contributed by atoms with Crippen molar-refractivity contribution in [2.45, 2.75) is 38.7 Å². The lowest BCUT2D eigenvalue weighted by molar-refractivity contribution is -0.121. The molecule has 3 N–H and O–H groups in total. The summed E-state index contributed by atoms with van der Waals surface area (Å²) >= 11 is 0. The van der Waals surface area contributed by atoms with E-state index in [1.165, 1.54) is 0 Å². The molecule has 1 aliphatic rings. The molecule has 0 spiro atoms. The number of rotatable bonds is 5. The number of hydrogen-bond donors (Lipinski definition) is 3. The maximum Gasteiger partial charge on any atom is 0.321 e. The Labute approximate surface area is 108 Å². The molecule has 1 rings (SSSR count). The topological polar surface area (TPSA) is 81.7 Å². The number of urea groups is 1. The Bertz CT molecular complexity index is 284. The molecule has 1 heterocycles. The molecule has 6 heteroatoms. The average molecular weight is 257 g/mol. The Morgan fingerprint density at radius 1 is 1.44 bits per heavy atom. The number of unbranched alkanes of at least 4 members (excludes halogenated alkanes) is 1. The molecule has 1 saturated heterocycles. The largest absolute Gasteiger partial charge is 0.392 e. The van der Waals surface area contributed by atoms with Crippen LogP contribution in [0.3, 0.4) is 0 Å². The highest BCUT2D eigenvalue weighted by Crippen LogP contribution is 2.08. The molecule has 104 valence electrons. The Morgan fingerprint density at radius 3 is 2.89 bits per heavy atom. The van der Waals surface area contributed by atoms with Crippen molar-refractivity contribution in [3.8, 4) is 0 Å². The van der Waals surface area contributed by atoms with E-state index in [4.69, 9.17) is 0 Å². The van der Waals surface area contributed by atoms with Crippen molar-refractivity contribution < 1.29 is 14.7 Å². The van der Waals surface area contributed by atoms with Gasteiger partial charge in [0.2, 0.25) is 5.91 Å². The second-order valence-electron chi connectivity index (χ2n) is 4.69. The normalized spacial score (nSPS) is 20.4. The average Bonchev–Trinajstić information content (AvgIpc) is 2.29. The zero-order chi connectivity index (χ0) is 13.4. The van der Waals surface area contributed by atoms with E-state index in [1.54, 1.807) is 0 Å². The lowest BCUT2D eigenvalue weighted by Crippen LogP contribution is -2.47. The molecular formula is C12H23N3O3. The van der Waals surface area contributed by atoms with Gasteiger partial charge < -0.3 is 10.4 Å². The predicted octanol–water partition coefficient (Wildman–Crippen LogP) is 0.0690. The Balaban J connectivity index is 2.18. The summed E-state index contributed by atoms with van der Waals surface area (Å²) in [6, 6.07) is -0.439. The summed E-state index contributed by atoms with van der Waals surface area (Å²) in [5, 5.41) is 14.4. The van der Waals surface area contributed by atoms with Gasteiger partial charge in [-0.3, -0.25) is 15.0 Å². The third kappa shape index (κ3) is 5.97. The number of likely N-dealkylation sites (tertiary alicyclic amines) is 1. The number of imide groups is 1. The number of hydrogen-bond acceptors (Lipinski definition) is 4. The molecule has 1 fully saturated rings. The maximum absolute atomic E-state index is 11.6. The summed E-state index contributed by atoms with van der Waals surface area (Å²) < 4.78 is 0. The fourth-order valence-corrected chi connectivity index (χ4v) is 1.97. The van der Waals surface area contributed by atoms with Crippen molar-refractivity contribution in [3.05, 3.63) is 0 Å². The number of β-amino-alcohol motifs (C(OH)–C–C–N with tert-alkyl or cyclic N) is 1. The lowest BCUT2D eigenvalue weighted by atomic mass is 10.1. The number of carbonyl (C=O) groups is 2. The van der Waals surface area contributed by atoms with Gasteiger partial charge in [-0.1, -0.05) is 13.3 Å². The van der Waals surface area contributed by atoms with Crippen LogP contribution in [-0.2, 0) is 4.79 Å². The van der Waals surface area contributed by atoms with Gasteiger partial charge in [-0.25, -0.2) is 4.79 Å². The second-order valence-corrected chi connectivity index (χ2v) is 4.69. The predicted molar refractivity (Wildman–Crippen MR) is 68.1 cm³/mol. The fourth-order valence-electron chi connectivity index (χ4n) is 1.97. The third-order valence-corrected chi connectivity index (χ3v) is 2.92. The minimum absolute atomic E-state index is 0.165. The van der Waals surface area contributed by atoms with Crippen molar-refractivity contribution in [3.63, 3.8) is 0 Å². The standard InChI is InChI=1S/C12H23N3O3/c1-2-3-6-13-12(18)14-11(17)9-15-7-4-5-10(16)8-15/h10,16H,2-9H2,1H3,(H2,13,14,17,18)/t10-/m0/s1. The first-order valence-electron chi connectivity index (χ1n) is 6.60. The van der Waals surface area contributed by atoms with E-state index in [-0.39, 0.29) is 18.6 Å². The molecule has 0 aliphatic carbocycles. The molecular weight excluding hydrogens is 234 g/mol. The van der Waals surface area contributed by atoms with Crippen molar-refractivity contribution in [1.29, 1.82) is 0 Å². The number of amides is 3. The summed E-state index contributed by atoms with van der Waals surface area (Å²) in [6.07, 6.45) is 3.22. The van der Waals surface area contributed by atoms with E-state index >= 15 is 0 Å². The highest BCUT2D eigenvalue weighted by Gasteiger charge is 2.20. The van der Waals surface area contributed by atoms with Crippen molar-refractivity contribution >= 4 is 11.9 Å². The molecule has 6 nitrogen and oxygen atoms in total. The van der Waals surface area contributed by atoms with Crippen LogP contribution in [-0.4, -0.2) is 54.2 Å². The summed E-state index contributed by atoms with van der Waals surface area (Å²) in [4.78, 5) is 24.8. The van der Waals surface area contributed by atoms with Gasteiger partial charge in [0.15, 0.2) is 0 Å². The van der Waals surface area contributed by atoms with Crippen LogP contribution in [0, 0.1) is 0 Å². The zero-order valence-corrected chi connectivity index (χ0v) is 10.9. The van der Waals surface area contributed by atoms with Crippen LogP contribution in [0.2, 0.25) is 0 Å². The minimum Gasteiger partial charge on any atom is -0.392 e. The molecule has 18 heavy (non-hydrogen) atoms. The molecule has 0 unspecified atom stereocenters. The van der Waals surface area contributed by atoms with E-state index in [9.17, 15) is 14.7 Å². The van der Waals surface area contributed by atoms with Crippen LogP contribution in [0.25, 0.3) is 0 Å². The van der Waals surface area contributed by atoms with Crippen LogP contribution in [0.4, 0.5) is 4.79 Å². The number of nitrogens with zero attached hydrogens (tertiary/aromatic N) is 1. The maximum atomic E-state index is 11.6. The first-order chi connectivity index (χ1) is 8.61. The number of aliphatic hydroxyl groups excluding tert-OH is 1. The summed E-state index contributed by atoms with van der Waals surface area (Å²) in [7, 11) is 0. The summed E-state index contributed by atoms with van der Waals surface area (Å²) in [5.74, 6) is -0.321. The third-order valence-electron chi connectivity index (χ3n) is 2.92. The molecule has 0 saturated carbocycles. The number of nitrogens with one attached hydrogen (secondary N) is 2. The van der Waals surface area contributed by atoms with Crippen molar-refractivity contribution in [2.24, 2.45) is 0 Å². The first-order valence-corrected chi connectivity index (χ1v) is 6.60. The van der Waals surface area contributed by atoms with E-state index in [0.29, 0.717) is 13.1 Å². The Kier molecular flexibility index (Phi) is 6.67. The van der Waals surface area contributed by atoms with Gasteiger partial charge in [0, 0.05) is 13.1 Å². The van der Waals surface area contributed by atoms with Crippen molar-refractivity contribution in [1.82, 2.24) is 15.5 Å². The molecule has 0 bridgehead atoms. The highest BCUT2D eigenvalue weighted by atomic mass is 16.3. The summed E-state index contributed by atoms with van der Waals surface area (Å²) in [5.41, 5.74) is 0. The van der Waals surface area contributed by atoms with E-state index in [0.717, 1.165) is 32.2 Å². The van der Waals surface area contributed by atoms with Gasteiger partial charge >= 0.3 is 6.03 Å². The van der Waals surface area contributed by atoms with Gasteiger partial charge in [-0.15, -0.1) is 0 Å². The lowest BCUT2D eigenvalue weighted by Gasteiger charge is -2.29. The fraction of sp³-hybridized carbons (Fsp3) is 0.833. The van der Waals surface area contributed by atoms with Gasteiger partial charge in [-0.05, 0) is 25.8 Å². The Morgan fingerprint density at radius 2 is 2.22 bits per heavy atom. The van der Waals surface area contributed by atoms with Crippen molar-refractivity contribution in [2.75, 3.05) is 26.2 Å². The smallest absolute Gasteiger partial charge is 0.321 e. The monoisotopic (exact) mass is 257 g/mol. The van der Waals surface area contributed by atoms with Gasteiger partial charge in [0.05, 0.1) is 12.6 Å². The van der Waals surface area contributed by atoms with Crippen LogP contribution in [0.1, 0.15) is 32.6 Å². The van der Waals surface area contributed by atoms with E-state index < -0.39 is 6.03 Å². The second kappa shape index (κ2) is 8.05. The highest BCUT2D eigenvalue weighted by molar-refractivity contribution is 5.95. The molecule has 0 radical (unpaired) electrons. The molecule has 3 amide bonds. The molecule has 0 aromatic heterocycles. The minimum atomic E-state index is -0.439. The van der Waals surface area contributed by atoms with Gasteiger partial charge in [0.1, 0.15) is 0 Å². The molecule has 1 atom stereocenters. The number of piperidine rings is 1. The molecule has 0 aromatic carbocycles. The molecule has 0 aromatic rings. The number of carbonyl (C=O) groups excluding carboxylic acids is 2. The van der Waals surface area contributed by atoms with Crippen LogP contribution in [0.5, 0.6) is 0 Å². The molecule has 1 aliphatic heterocycles. The quantitative estimate of drug-likeness (QED) is 0.609. The van der Waals surface area contributed by atoms with Crippen LogP contribution >= 0.6 is 0 Å². The SMILES string of the molecule is CCCCNC(=O)NC(=O)CN1CCC[C@H](O)C1. The summed E-state index contributed by atoms with van der Waals surface area (Å²) in [6.45, 7) is 4.08. The number of aliphatic hydroxyl groups is 1. The van der Waals surface area contributed by atoms with Gasteiger partial charge in [-0.2, -0.15) is 0 Å². The van der Waals surface area contributed by atoms with Crippen LogP contribution < -0.4 is 10.6 Å². The van der Waals surface area contributed by atoms with E-state index in [2.05, 4.69) is 10.6 Å². The van der Waals surface area contributed by atoms with Gasteiger partial charge in [0.25, 0.3) is 0 Å². The zero-order valence-electron chi connectivity index (χ0n) is 10.9. The Hall–Kier alpha value is -1.14.